The van der Waals surface area contributed by atoms with Gasteiger partial charge in [0.1, 0.15) is 5.75 Å². The molecule has 0 radical (unpaired) electrons. The van der Waals surface area contributed by atoms with Crippen molar-refractivity contribution in [3.8, 4) is 5.75 Å². The Morgan fingerprint density at radius 1 is 1.44 bits per heavy atom. The molecule has 4 heteroatoms. The first-order valence-corrected chi connectivity index (χ1v) is 5.70. The predicted molar refractivity (Wildman–Crippen MR) is 66.1 cm³/mol. The van der Waals surface area contributed by atoms with Crippen LogP contribution in [0.2, 0.25) is 5.02 Å². The lowest BCUT2D eigenvalue weighted by Crippen LogP contribution is -2.19. The zero-order valence-electron chi connectivity index (χ0n) is 9.83. The second-order valence-electron chi connectivity index (χ2n) is 3.88. The van der Waals surface area contributed by atoms with Crippen LogP contribution in [0, 0.1) is 0 Å². The Bertz CT molecular complexity index is 338. The monoisotopic (exact) mass is 243 g/mol. The zero-order chi connectivity index (χ0) is 12.1. The number of benzene rings is 1. The predicted octanol–water partition coefficient (Wildman–Crippen LogP) is 2.38. The number of nitrogens with one attached hydrogen (secondary N) is 1. The molecule has 0 heterocycles. The average molecular weight is 244 g/mol. The van der Waals surface area contributed by atoms with E-state index >= 15 is 0 Å². The van der Waals surface area contributed by atoms with Crippen LogP contribution in [-0.4, -0.2) is 24.9 Å². The van der Waals surface area contributed by atoms with Gasteiger partial charge in [-0.15, -0.1) is 0 Å². The lowest BCUT2D eigenvalue weighted by atomic mass is 10.1. The van der Waals surface area contributed by atoms with E-state index in [1.54, 1.807) is 7.05 Å². The van der Waals surface area contributed by atoms with Crippen LogP contribution in [-0.2, 0) is 0 Å². The highest BCUT2D eigenvalue weighted by Crippen LogP contribution is 2.28. The highest BCUT2D eigenvalue weighted by Gasteiger charge is 2.11. The van der Waals surface area contributed by atoms with Crippen molar-refractivity contribution in [3.05, 3.63) is 28.8 Å². The molecule has 0 aromatic heterocycles. The van der Waals surface area contributed by atoms with Gasteiger partial charge < -0.3 is 15.2 Å². The van der Waals surface area contributed by atoms with Gasteiger partial charge in [-0.1, -0.05) is 17.7 Å². The van der Waals surface area contributed by atoms with E-state index in [9.17, 15) is 0 Å². The summed E-state index contributed by atoms with van der Waals surface area (Å²) in [5, 5.41) is 12.7. The minimum Gasteiger partial charge on any atom is -0.489 e. The highest BCUT2D eigenvalue weighted by atomic mass is 35.5. The number of halogens is 1. The number of aliphatic hydroxyl groups is 1. The minimum absolute atomic E-state index is 0.0389. The minimum atomic E-state index is -0.0920. The van der Waals surface area contributed by atoms with Gasteiger partial charge in [-0.2, -0.15) is 0 Å². The number of hydrogen-bond donors (Lipinski definition) is 2. The number of hydrogen-bond acceptors (Lipinski definition) is 3. The Morgan fingerprint density at radius 2 is 2.12 bits per heavy atom. The molecule has 16 heavy (non-hydrogen) atoms. The average Bonchev–Trinajstić information content (AvgIpc) is 2.23. The molecule has 90 valence electrons. The van der Waals surface area contributed by atoms with Crippen molar-refractivity contribution in [2.45, 2.75) is 26.0 Å². The summed E-state index contributed by atoms with van der Waals surface area (Å²) in [6.45, 7) is 3.94. The number of rotatable bonds is 5. The lowest BCUT2D eigenvalue weighted by Gasteiger charge is -2.16. The van der Waals surface area contributed by atoms with Crippen LogP contribution in [0.3, 0.4) is 0 Å². The van der Waals surface area contributed by atoms with Crippen LogP contribution in [0.1, 0.15) is 25.5 Å². The Morgan fingerprint density at radius 3 is 2.56 bits per heavy atom. The number of aliphatic hydroxyl groups excluding tert-OH is 1. The molecule has 1 atom stereocenters. The van der Waals surface area contributed by atoms with E-state index in [4.69, 9.17) is 21.4 Å². The van der Waals surface area contributed by atoms with Crippen LogP contribution in [0.25, 0.3) is 0 Å². The van der Waals surface area contributed by atoms with Crippen molar-refractivity contribution >= 4 is 11.6 Å². The molecule has 1 aromatic rings. The SMILES string of the molecule is CNC(CO)c1ccc(OC(C)C)c(Cl)c1. The third-order valence-corrected chi connectivity index (χ3v) is 2.55. The maximum atomic E-state index is 9.15. The van der Waals surface area contributed by atoms with Crippen molar-refractivity contribution in [2.24, 2.45) is 0 Å². The molecule has 0 saturated heterocycles. The van der Waals surface area contributed by atoms with E-state index in [1.165, 1.54) is 0 Å². The van der Waals surface area contributed by atoms with E-state index in [2.05, 4.69) is 5.32 Å². The molecule has 2 N–H and O–H groups in total. The Kier molecular flexibility index (Phi) is 5.06. The summed E-state index contributed by atoms with van der Waals surface area (Å²) in [5.74, 6) is 0.674. The van der Waals surface area contributed by atoms with Gasteiger partial charge >= 0.3 is 0 Å². The fourth-order valence-corrected chi connectivity index (χ4v) is 1.68. The molecule has 0 aliphatic heterocycles. The third-order valence-electron chi connectivity index (χ3n) is 2.25. The molecule has 0 saturated carbocycles. The van der Waals surface area contributed by atoms with Crippen molar-refractivity contribution < 1.29 is 9.84 Å². The first-order valence-electron chi connectivity index (χ1n) is 5.32. The second-order valence-corrected chi connectivity index (χ2v) is 4.29. The van der Waals surface area contributed by atoms with Crippen molar-refractivity contribution in [1.29, 1.82) is 0 Å². The van der Waals surface area contributed by atoms with Gasteiger partial charge in [0.05, 0.1) is 23.8 Å². The number of likely N-dealkylation sites (N-methyl/N-ethyl adjacent to an activating group) is 1. The summed E-state index contributed by atoms with van der Waals surface area (Å²) in [4.78, 5) is 0. The van der Waals surface area contributed by atoms with E-state index in [1.807, 2.05) is 32.0 Å². The molecule has 1 aromatic carbocycles. The highest BCUT2D eigenvalue weighted by molar-refractivity contribution is 6.32. The van der Waals surface area contributed by atoms with E-state index < -0.39 is 0 Å². The second kappa shape index (κ2) is 6.09. The van der Waals surface area contributed by atoms with Crippen molar-refractivity contribution in [2.75, 3.05) is 13.7 Å². The molecule has 0 aliphatic carbocycles. The molecule has 1 rings (SSSR count). The molecule has 0 fully saturated rings. The fraction of sp³-hybridized carbons (Fsp3) is 0.500. The quantitative estimate of drug-likeness (QED) is 0.835. The van der Waals surface area contributed by atoms with Gasteiger partial charge in [-0.25, -0.2) is 0 Å². The summed E-state index contributed by atoms with van der Waals surface area (Å²) < 4.78 is 5.53. The molecular weight excluding hydrogens is 226 g/mol. The van der Waals surface area contributed by atoms with Crippen LogP contribution in [0.5, 0.6) is 5.75 Å². The summed E-state index contributed by atoms with van der Waals surface area (Å²) in [5.41, 5.74) is 0.950. The first kappa shape index (κ1) is 13.3. The van der Waals surface area contributed by atoms with Crippen LogP contribution in [0.15, 0.2) is 18.2 Å². The Hall–Kier alpha value is -0.770. The zero-order valence-corrected chi connectivity index (χ0v) is 10.6. The molecule has 3 nitrogen and oxygen atoms in total. The lowest BCUT2D eigenvalue weighted by molar-refractivity contribution is 0.241. The summed E-state index contributed by atoms with van der Waals surface area (Å²) in [6, 6.07) is 5.46. The van der Waals surface area contributed by atoms with Crippen molar-refractivity contribution in [1.82, 2.24) is 5.32 Å². The van der Waals surface area contributed by atoms with Crippen molar-refractivity contribution in [3.63, 3.8) is 0 Å². The summed E-state index contributed by atoms with van der Waals surface area (Å²) >= 11 is 6.10. The Labute approximate surface area is 101 Å². The smallest absolute Gasteiger partial charge is 0.138 e. The van der Waals surface area contributed by atoms with Gasteiger partial charge in [0.15, 0.2) is 0 Å². The molecule has 1 unspecified atom stereocenters. The normalized spacial score (nSPS) is 12.9. The van der Waals surface area contributed by atoms with E-state index in [-0.39, 0.29) is 18.8 Å². The molecular formula is C12H18ClNO2. The molecule has 0 amide bonds. The van der Waals surface area contributed by atoms with Crippen LogP contribution < -0.4 is 10.1 Å². The van der Waals surface area contributed by atoms with E-state index in [0.717, 1.165) is 5.56 Å². The third kappa shape index (κ3) is 3.37. The van der Waals surface area contributed by atoms with Gasteiger partial charge in [0, 0.05) is 0 Å². The topological polar surface area (TPSA) is 41.5 Å². The fourth-order valence-electron chi connectivity index (χ4n) is 1.45. The van der Waals surface area contributed by atoms with Gasteiger partial charge in [0.25, 0.3) is 0 Å². The maximum absolute atomic E-state index is 9.15. The van der Waals surface area contributed by atoms with E-state index in [0.29, 0.717) is 10.8 Å². The molecule has 0 spiro atoms. The van der Waals surface area contributed by atoms with Gasteiger partial charge in [-0.3, -0.25) is 0 Å². The summed E-state index contributed by atoms with van der Waals surface area (Å²) in [6.07, 6.45) is 0.0984. The molecule has 0 aliphatic rings. The van der Waals surface area contributed by atoms with Gasteiger partial charge in [-0.05, 0) is 38.6 Å². The Balaban J connectivity index is 2.89. The molecule has 0 bridgehead atoms. The van der Waals surface area contributed by atoms with Crippen LogP contribution >= 0.6 is 11.6 Å². The van der Waals surface area contributed by atoms with Gasteiger partial charge in [0.2, 0.25) is 0 Å². The van der Waals surface area contributed by atoms with Crippen LogP contribution in [0.4, 0.5) is 0 Å². The largest absolute Gasteiger partial charge is 0.489 e. The maximum Gasteiger partial charge on any atom is 0.138 e. The standard InChI is InChI=1S/C12H18ClNO2/c1-8(2)16-12-5-4-9(6-10(12)13)11(7-15)14-3/h4-6,8,11,14-15H,7H2,1-3H3. The number of ether oxygens (including phenoxy) is 1. The summed E-state index contributed by atoms with van der Waals surface area (Å²) in [7, 11) is 1.80. The first-order chi connectivity index (χ1) is 7.58.